The molecule has 3 aromatic rings. The van der Waals surface area contributed by atoms with Gasteiger partial charge in [-0.2, -0.15) is 0 Å². The molecule has 9 heteroatoms. The van der Waals surface area contributed by atoms with Crippen molar-refractivity contribution in [2.75, 3.05) is 32.7 Å². The molecule has 0 aliphatic carbocycles. The van der Waals surface area contributed by atoms with Gasteiger partial charge in [0.05, 0.1) is 38.6 Å². The number of aliphatic imine (C=N–C) groups is 1. The Bertz CT molecular complexity index is 1240. The highest BCUT2D eigenvalue weighted by atomic mass is 32.1. The molecule has 1 N–H and O–H groups in total. The fourth-order valence-electron chi connectivity index (χ4n) is 3.84. The molecule has 0 unspecified atom stereocenters. The summed E-state index contributed by atoms with van der Waals surface area (Å²) in [4.78, 5) is 33.1. The highest BCUT2D eigenvalue weighted by molar-refractivity contribution is 7.16. The second kappa shape index (κ2) is 11.1. The number of nitrogens with zero attached hydrogens (tertiary/aromatic N) is 2. The summed E-state index contributed by atoms with van der Waals surface area (Å²) in [7, 11) is 3.11. The minimum Gasteiger partial charge on any atom is -0.497 e. The van der Waals surface area contributed by atoms with Crippen LogP contribution in [0.15, 0.2) is 53.5 Å². The van der Waals surface area contributed by atoms with Gasteiger partial charge in [-0.15, -0.1) is 11.3 Å². The van der Waals surface area contributed by atoms with E-state index < -0.39 is 0 Å². The van der Waals surface area contributed by atoms with Crippen molar-refractivity contribution in [2.45, 2.75) is 19.9 Å². The molecule has 182 valence electrons. The smallest absolute Gasteiger partial charge is 0.410 e. The summed E-state index contributed by atoms with van der Waals surface area (Å²) >= 11 is 1.42. The average Bonchev–Trinajstić information content (AvgIpc) is 3.26. The molecule has 4 rings (SSSR count). The summed E-state index contributed by atoms with van der Waals surface area (Å²) in [5, 5.41) is 3.56. The Kier molecular flexibility index (Phi) is 7.67. The van der Waals surface area contributed by atoms with Crippen LogP contribution in [0.2, 0.25) is 0 Å². The molecule has 8 nitrogen and oxygen atoms in total. The molecule has 0 radical (unpaired) electrons. The molecule has 1 aliphatic rings. The third-order valence-electron chi connectivity index (χ3n) is 5.58. The molecule has 0 bridgehead atoms. The number of methoxy groups -OCH3 is 2. The summed E-state index contributed by atoms with van der Waals surface area (Å²) in [5.74, 6) is 0.834. The van der Waals surface area contributed by atoms with Crippen molar-refractivity contribution >= 4 is 40.2 Å². The highest BCUT2D eigenvalue weighted by Crippen LogP contribution is 2.40. The van der Waals surface area contributed by atoms with Gasteiger partial charge < -0.3 is 24.4 Å². The number of rotatable bonds is 7. The third kappa shape index (κ3) is 5.46. The van der Waals surface area contributed by atoms with Gasteiger partial charge in [-0.3, -0.25) is 4.79 Å². The van der Waals surface area contributed by atoms with Crippen LogP contribution in [0.5, 0.6) is 11.5 Å². The third-order valence-corrected chi connectivity index (χ3v) is 6.70. The van der Waals surface area contributed by atoms with Crippen molar-refractivity contribution < 1.29 is 23.8 Å². The van der Waals surface area contributed by atoms with E-state index in [4.69, 9.17) is 14.2 Å². The first-order chi connectivity index (χ1) is 17.0. The van der Waals surface area contributed by atoms with Gasteiger partial charge in [-0.1, -0.05) is 30.3 Å². The maximum atomic E-state index is 13.5. The highest BCUT2D eigenvalue weighted by Gasteiger charge is 2.30. The van der Waals surface area contributed by atoms with Gasteiger partial charge in [0.15, 0.2) is 0 Å². The van der Waals surface area contributed by atoms with E-state index in [0.29, 0.717) is 53.9 Å². The van der Waals surface area contributed by atoms with E-state index in [1.54, 1.807) is 43.3 Å². The minimum absolute atomic E-state index is 0.282. The molecular weight excluding hydrogens is 466 g/mol. The molecular formula is C26H27N3O5S. The van der Waals surface area contributed by atoms with Crippen molar-refractivity contribution in [3.8, 4) is 11.5 Å². The van der Waals surface area contributed by atoms with Crippen molar-refractivity contribution in [1.82, 2.24) is 4.90 Å². The van der Waals surface area contributed by atoms with Crippen LogP contribution in [0, 0.1) is 0 Å². The van der Waals surface area contributed by atoms with Crippen LogP contribution in [-0.2, 0) is 17.7 Å². The molecule has 0 saturated heterocycles. The lowest BCUT2D eigenvalue weighted by molar-refractivity contribution is 0.102. The normalized spacial score (nSPS) is 12.8. The van der Waals surface area contributed by atoms with Crippen molar-refractivity contribution in [2.24, 2.45) is 4.99 Å². The van der Waals surface area contributed by atoms with Gasteiger partial charge in [-0.05, 0) is 36.6 Å². The number of benzene rings is 2. The number of hydrogen-bond donors (Lipinski definition) is 1. The fraction of sp³-hybridized carbons (Fsp3) is 0.269. The number of nitrogens with one attached hydrogen (secondary N) is 1. The molecule has 0 spiro atoms. The largest absolute Gasteiger partial charge is 0.497 e. The standard InChI is InChI=1S/C26H27N3O5S/c1-4-34-26(31)29-13-12-19-22(16-29)35-25(27-15-17-8-6-5-7-9-17)23(19)24(30)28-20-11-10-18(32-2)14-21(20)33-3/h5-11,14-15H,4,12-13,16H2,1-3H3,(H,28,30). The van der Waals surface area contributed by atoms with E-state index in [-0.39, 0.29) is 12.0 Å². The summed E-state index contributed by atoms with van der Waals surface area (Å²) in [6, 6.07) is 14.9. The van der Waals surface area contributed by atoms with Crippen molar-refractivity contribution in [1.29, 1.82) is 0 Å². The molecule has 35 heavy (non-hydrogen) atoms. The lowest BCUT2D eigenvalue weighted by Crippen LogP contribution is -2.36. The number of thiophene rings is 1. The molecule has 1 aliphatic heterocycles. The first kappa shape index (κ1) is 24.3. The first-order valence-corrected chi connectivity index (χ1v) is 12.0. The van der Waals surface area contributed by atoms with E-state index in [1.807, 2.05) is 30.3 Å². The number of carbonyl (C=O) groups is 2. The average molecular weight is 494 g/mol. The quantitative estimate of drug-likeness (QED) is 0.452. The Balaban J connectivity index is 1.68. The zero-order chi connectivity index (χ0) is 24.8. The first-order valence-electron chi connectivity index (χ1n) is 11.2. The summed E-state index contributed by atoms with van der Waals surface area (Å²) in [5.41, 5.74) is 2.87. The van der Waals surface area contributed by atoms with Crippen LogP contribution in [0.3, 0.4) is 0 Å². The van der Waals surface area contributed by atoms with Crippen LogP contribution in [0.4, 0.5) is 15.5 Å². The molecule has 2 heterocycles. The van der Waals surface area contributed by atoms with E-state index in [0.717, 1.165) is 16.0 Å². The van der Waals surface area contributed by atoms with E-state index in [2.05, 4.69) is 10.3 Å². The second-order valence-electron chi connectivity index (χ2n) is 7.74. The van der Waals surface area contributed by atoms with Crippen molar-refractivity contribution in [3.05, 3.63) is 70.1 Å². The molecule has 0 fully saturated rings. The number of ether oxygens (including phenoxy) is 3. The zero-order valence-electron chi connectivity index (χ0n) is 19.9. The Labute approximate surface area is 208 Å². The van der Waals surface area contributed by atoms with Crippen LogP contribution < -0.4 is 14.8 Å². The zero-order valence-corrected chi connectivity index (χ0v) is 20.7. The molecule has 1 aromatic heterocycles. The molecule has 2 aromatic carbocycles. The van der Waals surface area contributed by atoms with Gasteiger partial charge in [0.1, 0.15) is 16.5 Å². The number of carbonyl (C=O) groups excluding carboxylic acids is 2. The van der Waals surface area contributed by atoms with Crippen LogP contribution in [-0.4, -0.2) is 50.5 Å². The van der Waals surface area contributed by atoms with Gasteiger partial charge in [-0.25, -0.2) is 9.79 Å². The molecule has 0 saturated carbocycles. The van der Waals surface area contributed by atoms with Crippen molar-refractivity contribution in [3.63, 3.8) is 0 Å². The maximum absolute atomic E-state index is 13.5. The topological polar surface area (TPSA) is 89.5 Å². The minimum atomic E-state index is -0.352. The van der Waals surface area contributed by atoms with E-state index >= 15 is 0 Å². The molecule has 0 atom stereocenters. The Hall–Kier alpha value is -3.85. The lowest BCUT2D eigenvalue weighted by atomic mass is 10.0. The Morgan fingerprint density at radius 1 is 1.14 bits per heavy atom. The number of amides is 2. The Morgan fingerprint density at radius 2 is 1.94 bits per heavy atom. The maximum Gasteiger partial charge on any atom is 0.410 e. The van der Waals surface area contributed by atoms with Crippen LogP contribution in [0.25, 0.3) is 0 Å². The summed E-state index contributed by atoms with van der Waals surface area (Å²) in [6.45, 7) is 2.95. The number of fused-ring (bicyclic) bond motifs is 1. The van der Waals surface area contributed by atoms with Gasteiger partial charge >= 0.3 is 6.09 Å². The SMILES string of the molecule is CCOC(=O)N1CCc2c(sc(N=Cc3ccccc3)c2C(=O)Nc2ccc(OC)cc2OC)C1. The fourth-order valence-corrected chi connectivity index (χ4v) is 5.05. The summed E-state index contributed by atoms with van der Waals surface area (Å²) < 4.78 is 15.9. The predicted octanol–water partition coefficient (Wildman–Crippen LogP) is 5.28. The second-order valence-corrected chi connectivity index (χ2v) is 8.83. The van der Waals surface area contributed by atoms with Crippen LogP contribution in [0.1, 0.15) is 33.3 Å². The number of hydrogen-bond acceptors (Lipinski definition) is 7. The predicted molar refractivity (Wildman–Crippen MR) is 137 cm³/mol. The van der Waals surface area contributed by atoms with Gasteiger partial charge in [0.2, 0.25) is 0 Å². The summed E-state index contributed by atoms with van der Waals surface area (Å²) in [6.07, 6.45) is 1.92. The van der Waals surface area contributed by atoms with E-state index in [9.17, 15) is 9.59 Å². The van der Waals surface area contributed by atoms with Gasteiger partial charge in [0, 0.05) is 23.7 Å². The monoisotopic (exact) mass is 493 g/mol. The lowest BCUT2D eigenvalue weighted by Gasteiger charge is -2.26. The van der Waals surface area contributed by atoms with E-state index in [1.165, 1.54) is 18.4 Å². The van der Waals surface area contributed by atoms with Crippen LogP contribution >= 0.6 is 11.3 Å². The number of anilines is 1. The van der Waals surface area contributed by atoms with Gasteiger partial charge in [0.25, 0.3) is 5.91 Å². The Morgan fingerprint density at radius 3 is 2.66 bits per heavy atom. The molecule has 2 amide bonds.